The van der Waals surface area contributed by atoms with Crippen LogP contribution in [0.2, 0.25) is 0 Å². The van der Waals surface area contributed by atoms with Gasteiger partial charge in [-0.15, -0.1) is 0 Å². The summed E-state index contributed by atoms with van der Waals surface area (Å²) >= 11 is 0. The summed E-state index contributed by atoms with van der Waals surface area (Å²) in [4.78, 5) is 23.4. The van der Waals surface area contributed by atoms with Crippen molar-refractivity contribution in [2.75, 3.05) is 13.2 Å². The van der Waals surface area contributed by atoms with Crippen LogP contribution in [-0.4, -0.2) is 35.7 Å². The van der Waals surface area contributed by atoms with Gasteiger partial charge in [0.05, 0.1) is 6.61 Å². The maximum Gasteiger partial charge on any atom is 0.331 e. The molecule has 0 spiro atoms. The van der Waals surface area contributed by atoms with Gasteiger partial charge < -0.3 is 15.2 Å². The van der Waals surface area contributed by atoms with Crippen molar-refractivity contribution in [1.82, 2.24) is 5.32 Å². The molecule has 1 fully saturated rings. The quantitative estimate of drug-likeness (QED) is 0.860. The molecule has 1 amide bonds. The number of nitrogens with one attached hydrogen (secondary N) is 1. The lowest BCUT2D eigenvalue weighted by molar-refractivity contribution is -0.144. The van der Waals surface area contributed by atoms with Gasteiger partial charge in [0, 0.05) is 18.6 Å². The Balaban J connectivity index is 2.22. The van der Waals surface area contributed by atoms with Crippen LogP contribution in [0.4, 0.5) is 4.39 Å². The first kappa shape index (κ1) is 13.5. The summed E-state index contributed by atoms with van der Waals surface area (Å²) < 4.78 is 18.0. The van der Waals surface area contributed by atoms with Gasteiger partial charge in [-0.1, -0.05) is 0 Å². The molecule has 1 heterocycles. The van der Waals surface area contributed by atoms with Crippen LogP contribution in [0.1, 0.15) is 22.3 Å². The van der Waals surface area contributed by atoms with Gasteiger partial charge in [-0.05, 0) is 30.7 Å². The second kappa shape index (κ2) is 4.97. The molecule has 19 heavy (non-hydrogen) atoms. The van der Waals surface area contributed by atoms with Gasteiger partial charge in [0.15, 0.2) is 5.54 Å². The molecule has 1 unspecified atom stereocenters. The number of carbonyl (C=O) groups excluding carboxylic acids is 1. The third-order valence-electron chi connectivity index (χ3n) is 3.22. The summed E-state index contributed by atoms with van der Waals surface area (Å²) in [6, 6.07) is 3.74. The Morgan fingerprint density at radius 3 is 2.74 bits per heavy atom. The lowest BCUT2D eigenvalue weighted by atomic mass is 9.97. The van der Waals surface area contributed by atoms with Crippen molar-refractivity contribution < 1.29 is 23.8 Å². The van der Waals surface area contributed by atoms with Crippen LogP contribution in [0.25, 0.3) is 0 Å². The van der Waals surface area contributed by atoms with E-state index in [9.17, 15) is 19.1 Å². The Hall–Kier alpha value is -1.95. The molecule has 2 N–H and O–H groups in total. The molecular weight excluding hydrogens is 253 g/mol. The molecule has 0 aromatic heterocycles. The molecule has 1 atom stereocenters. The van der Waals surface area contributed by atoms with Crippen molar-refractivity contribution in [1.29, 1.82) is 0 Å². The zero-order valence-electron chi connectivity index (χ0n) is 10.4. The van der Waals surface area contributed by atoms with Gasteiger partial charge in [-0.3, -0.25) is 4.79 Å². The Bertz CT molecular complexity index is 523. The van der Waals surface area contributed by atoms with E-state index in [-0.39, 0.29) is 25.2 Å². The maximum atomic E-state index is 13.0. The standard InChI is InChI=1S/C13H14FNO4/c1-8-6-9(14)2-3-10(8)11(16)15-13(12(17)18)4-5-19-7-13/h2-3,6H,4-5,7H2,1H3,(H,15,16)(H,17,18). The van der Waals surface area contributed by atoms with Gasteiger partial charge in [0.2, 0.25) is 0 Å². The Morgan fingerprint density at radius 2 is 2.21 bits per heavy atom. The highest BCUT2D eigenvalue weighted by Crippen LogP contribution is 2.20. The van der Waals surface area contributed by atoms with Gasteiger partial charge >= 0.3 is 5.97 Å². The molecule has 2 rings (SSSR count). The summed E-state index contributed by atoms with van der Waals surface area (Å²) in [6.07, 6.45) is 0.217. The van der Waals surface area contributed by atoms with E-state index >= 15 is 0 Å². The smallest absolute Gasteiger partial charge is 0.331 e. The molecule has 1 saturated heterocycles. The molecule has 0 bridgehead atoms. The average Bonchev–Trinajstić information content (AvgIpc) is 2.78. The van der Waals surface area contributed by atoms with Crippen molar-refractivity contribution in [2.45, 2.75) is 18.9 Å². The van der Waals surface area contributed by atoms with Crippen LogP contribution < -0.4 is 5.32 Å². The molecule has 102 valence electrons. The van der Waals surface area contributed by atoms with Crippen molar-refractivity contribution >= 4 is 11.9 Å². The van der Waals surface area contributed by atoms with Gasteiger partial charge in [0.25, 0.3) is 5.91 Å². The van der Waals surface area contributed by atoms with Gasteiger partial charge in [0.1, 0.15) is 5.82 Å². The first-order chi connectivity index (χ1) is 8.94. The van der Waals surface area contributed by atoms with Crippen LogP contribution in [0.5, 0.6) is 0 Å². The number of aliphatic carboxylic acids is 1. The third-order valence-corrected chi connectivity index (χ3v) is 3.22. The largest absolute Gasteiger partial charge is 0.479 e. The predicted octanol–water partition coefficient (Wildman–Crippen LogP) is 1.11. The highest BCUT2D eigenvalue weighted by molar-refractivity contribution is 5.99. The fourth-order valence-corrected chi connectivity index (χ4v) is 2.05. The molecule has 1 aliphatic rings. The number of carboxylic acids is 1. The minimum atomic E-state index is -1.39. The second-order valence-corrected chi connectivity index (χ2v) is 4.60. The number of amides is 1. The minimum Gasteiger partial charge on any atom is -0.479 e. The Kier molecular flexibility index (Phi) is 3.53. The van der Waals surface area contributed by atoms with Gasteiger partial charge in [-0.25, -0.2) is 9.18 Å². The van der Waals surface area contributed by atoms with Crippen LogP contribution >= 0.6 is 0 Å². The molecular formula is C13H14FNO4. The molecule has 6 heteroatoms. The first-order valence-electron chi connectivity index (χ1n) is 5.84. The van der Waals surface area contributed by atoms with Crippen molar-refractivity contribution in [3.05, 3.63) is 35.1 Å². The summed E-state index contributed by atoms with van der Waals surface area (Å²) in [5, 5.41) is 11.7. The van der Waals surface area contributed by atoms with E-state index in [1.165, 1.54) is 18.2 Å². The first-order valence-corrected chi connectivity index (χ1v) is 5.84. The number of hydrogen-bond donors (Lipinski definition) is 2. The fourth-order valence-electron chi connectivity index (χ4n) is 2.05. The normalized spacial score (nSPS) is 22.2. The van der Waals surface area contributed by atoms with E-state index in [4.69, 9.17) is 4.74 Å². The molecule has 1 aromatic rings. The van der Waals surface area contributed by atoms with E-state index in [2.05, 4.69) is 5.32 Å². The molecule has 1 aromatic carbocycles. The highest BCUT2D eigenvalue weighted by Gasteiger charge is 2.44. The molecule has 1 aliphatic heterocycles. The van der Waals surface area contributed by atoms with Crippen molar-refractivity contribution in [2.24, 2.45) is 0 Å². The molecule has 0 radical (unpaired) electrons. The number of hydrogen-bond acceptors (Lipinski definition) is 3. The third kappa shape index (κ3) is 2.58. The molecule has 0 aliphatic carbocycles. The summed E-state index contributed by atoms with van der Waals surface area (Å²) in [5.74, 6) is -2.10. The van der Waals surface area contributed by atoms with Crippen LogP contribution in [0.3, 0.4) is 0 Å². The van der Waals surface area contributed by atoms with Crippen molar-refractivity contribution in [3.8, 4) is 0 Å². The predicted molar refractivity (Wildman–Crippen MR) is 64.4 cm³/mol. The monoisotopic (exact) mass is 267 g/mol. The summed E-state index contributed by atoms with van der Waals surface area (Å²) in [5.41, 5.74) is -0.677. The SMILES string of the molecule is Cc1cc(F)ccc1C(=O)NC1(C(=O)O)CCOC1. The lowest BCUT2D eigenvalue weighted by Gasteiger charge is -2.24. The van der Waals surface area contributed by atoms with Crippen LogP contribution in [-0.2, 0) is 9.53 Å². The van der Waals surface area contributed by atoms with E-state index in [0.29, 0.717) is 5.56 Å². The Morgan fingerprint density at radius 1 is 1.47 bits per heavy atom. The average molecular weight is 267 g/mol. The summed E-state index contributed by atoms with van der Waals surface area (Å²) in [7, 11) is 0. The number of ether oxygens (including phenoxy) is 1. The maximum absolute atomic E-state index is 13.0. The van der Waals surface area contributed by atoms with Crippen LogP contribution in [0, 0.1) is 12.7 Å². The lowest BCUT2D eigenvalue weighted by Crippen LogP contribution is -2.55. The molecule has 5 nitrogen and oxygen atoms in total. The number of halogens is 1. The van der Waals surface area contributed by atoms with E-state index in [1.54, 1.807) is 6.92 Å². The number of carbonyl (C=O) groups is 2. The number of rotatable bonds is 3. The number of benzene rings is 1. The van der Waals surface area contributed by atoms with E-state index in [1.807, 2.05) is 0 Å². The summed E-state index contributed by atoms with van der Waals surface area (Å²) in [6.45, 7) is 1.82. The van der Waals surface area contributed by atoms with E-state index in [0.717, 1.165) is 0 Å². The highest BCUT2D eigenvalue weighted by atomic mass is 19.1. The Labute approximate surface area is 109 Å². The second-order valence-electron chi connectivity index (χ2n) is 4.60. The van der Waals surface area contributed by atoms with Gasteiger partial charge in [-0.2, -0.15) is 0 Å². The topological polar surface area (TPSA) is 75.6 Å². The van der Waals surface area contributed by atoms with Crippen LogP contribution in [0.15, 0.2) is 18.2 Å². The number of carboxylic acid groups (broad SMARTS) is 1. The molecule has 0 saturated carbocycles. The fraction of sp³-hybridized carbons (Fsp3) is 0.385. The number of aryl methyl sites for hydroxylation is 1. The zero-order chi connectivity index (χ0) is 14.0. The zero-order valence-corrected chi connectivity index (χ0v) is 10.4. The van der Waals surface area contributed by atoms with E-state index < -0.39 is 23.2 Å². The minimum absolute atomic E-state index is 0.0612. The van der Waals surface area contributed by atoms with Crippen molar-refractivity contribution in [3.63, 3.8) is 0 Å².